The van der Waals surface area contributed by atoms with Crippen LogP contribution in [0, 0.1) is 13.8 Å². The SMILES string of the molecule is COc1ccc(C)c2c1N(C(=O)c1cc(-c3ccccc3)nc3c1c(C)nn3C)CCC2. The molecule has 162 valence electrons. The van der Waals surface area contributed by atoms with Crippen LogP contribution in [-0.4, -0.2) is 34.3 Å². The van der Waals surface area contributed by atoms with Crippen molar-refractivity contribution in [3.63, 3.8) is 0 Å². The van der Waals surface area contributed by atoms with Crippen LogP contribution in [0.25, 0.3) is 22.3 Å². The molecule has 1 aliphatic rings. The van der Waals surface area contributed by atoms with Crippen molar-refractivity contribution >= 4 is 22.6 Å². The van der Waals surface area contributed by atoms with Crippen LogP contribution in [0.1, 0.15) is 33.6 Å². The average molecular weight is 427 g/mol. The number of carbonyl (C=O) groups is 1. The zero-order valence-electron chi connectivity index (χ0n) is 18.8. The molecule has 0 N–H and O–H groups in total. The standard InChI is InChI=1S/C26H26N4O2/c1-16-12-13-22(32-4)24-19(16)11-8-14-30(24)26(31)20-15-21(18-9-6-5-7-10-18)27-25-23(20)17(2)28-29(25)3/h5-7,9-10,12-13,15H,8,11,14H2,1-4H3. The van der Waals surface area contributed by atoms with E-state index in [1.165, 1.54) is 11.1 Å². The smallest absolute Gasteiger partial charge is 0.259 e. The Morgan fingerprint density at radius 2 is 1.88 bits per heavy atom. The number of aryl methyl sites for hydroxylation is 3. The van der Waals surface area contributed by atoms with Crippen molar-refractivity contribution in [1.82, 2.24) is 14.8 Å². The molecule has 6 nitrogen and oxygen atoms in total. The van der Waals surface area contributed by atoms with Crippen LogP contribution < -0.4 is 9.64 Å². The number of hydrogen-bond acceptors (Lipinski definition) is 4. The number of benzene rings is 2. The van der Waals surface area contributed by atoms with Crippen LogP contribution in [0.5, 0.6) is 5.75 Å². The Morgan fingerprint density at radius 3 is 2.62 bits per heavy atom. The highest BCUT2D eigenvalue weighted by Crippen LogP contribution is 2.40. The highest BCUT2D eigenvalue weighted by Gasteiger charge is 2.30. The van der Waals surface area contributed by atoms with Crippen LogP contribution >= 0.6 is 0 Å². The number of aromatic nitrogens is 3. The lowest BCUT2D eigenvalue weighted by molar-refractivity contribution is 0.0986. The summed E-state index contributed by atoms with van der Waals surface area (Å²) in [6.45, 7) is 4.67. The van der Waals surface area contributed by atoms with Gasteiger partial charge in [0, 0.05) is 19.2 Å². The van der Waals surface area contributed by atoms with Crippen molar-refractivity contribution in [3.8, 4) is 17.0 Å². The zero-order valence-corrected chi connectivity index (χ0v) is 18.8. The number of methoxy groups -OCH3 is 1. The summed E-state index contributed by atoms with van der Waals surface area (Å²) >= 11 is 0. The van der Waals surface area contributed by atoms with E-state index in [4.69, 9.17) is 9.72 Å². The summed E-state index contributed by atoms with van der Waals surface area (Å²) in [5.41, 5.74) is 7.10. The summed E-state index contributed by atoms with van der Waals surface area (Å²) in [4.78, 5) is 20.8. The Balaban J connectivity index is 1.73. The number of amides is 1. The highest BCUT2D eigenvalue weighted by molar-refractivity contribution is 6.15. The molecule has 5 rings (SSSR count). The molecule has 3 heterocycles. The molecule has 2 aromatic carbocycles. The van der Waals surface area contributed by atoms with Crippen molar-refractivity contribution < 1.29 is 9.53 Å². The fourth-order valence-corrected chi connectivity index (χ4v) is 4.74. The summed E-state index contributed by atoms with van der Waals surface area (Å²) in [5.74, 6) is 0.686. The first-order valence-electron chi connectivity index (χ1n) is 10.9. The first-order chi connectivity index (χ1) is 15.5. The molecule has 0 saturated heterocycles. The topological polar surface area (TPSA) is 60.2 Å². The van der Waals surface area contributed by atoms with Gasteiger partial charge in [0.2, 0.25) is 0 Å². The Morgan fingerprint density at radius 1 is 1.09 bits per heavy atom. The molecule has 0 radical (unpaired) electrons. The van der Waals surface area contributed by atoms with E-state index in [-0.39, 0.29) is 5.91 Å². The molecular formula is C26H26N4O2. The fourth-order valence-electron chi connectivity index (χ4n) is 4.74. The van der Waals surface area contributed by atoms with E-state index in [9.17, 15) is 4.79 Å². The molecule has 0 spiro atoms. The lowest BCUT2D eigenvalue weighted by Crippen LogP contribution is -2.36. The third kappa shape index (κ3) is 3.14. The van der Waals surface area contributed by atoms with E-state index >= 15 is 0 Å². The largest absolute Gasteiger partial charge is 0.495 e. The molecular weight excluding hydrogens is 400 g/mol. The minimum absolute atomic E-state index is 0.0458. The van der Waals surface area contributed by atoms with Gasteiger partial charge in [-0.05, 0) is 49.9 Å². The fraction of sp³-hybridized carbons (Fsp3) is 0.269. The second-order valence-electron chi connectivity index (χ2n) is 8.30. The van der Waals surface area contributed by atoms with E-state index < -0.39 is 0 Å². The van der Waals surface area contributed by atoms with Crippen LogP contribution in [0.4, 0.5) is 5.69 Å². The molecule has 0 bridgehead atoms. The van der Waals surface area contributed by atoms with Gasteiger partial charge in [-0.1, -0.05) is 36.4 Å². The van der Waals surface area contributed by atoms with Crippen LogP contribution in [0.3, 0.4) is 0 Å². The Bertz CT molecular complexity index is 1340. The minimum atomic E-state index is -0.0458. The van der Waals surface area contributed by atoms with Gasteiger partial charge in [-0.25, -0.2) is 4.98 Å². The molecule has 0 atom stereocenters. The number of fused-ring (bicyclic) bond motifs is 2. The Labute approximate surface area is 187 Å². The third-order valence-corrected chi connectivity index (χ3v) is 6.29. The molecule has 4 aromatic rings. The molecule has 0 aliphatic carbocycles. The number of pyridine rings is 1. The van der Waals surface area contributed by atoms with Crippen molar-refractivity contribution in [2.24, 2.45) is 7.05 Å². The van der Waals surface area contributed by atoms with Gasteiger partial charge < -0.3 is 9.64 Å². The first-order valence-corrected chi connectivity index (χ1v) is 10.9. The van der Waals surface area contributed by atoms with E-state index in [0.29, 0.717) is 17.8 Å². The number of nitrogens with zero attached hydrogens (tertiary/aromatic N) is 4. The summed E-state index contributed by atoms with van der Waals surface area (Å²) < 4.78 is 7.42. The van der Waals surface area contributed by atoms with Gasteiger partial charge in [0.15, 0.2) is 5.65 Å². The lowest BCUT2D eigenvalue weighted by atomic mass is 9.95. The van der Waals surface area contributed by atoms with Gasteiger partial charge in [0.25, 0.3) is 5.91 Å². The quantitative estimate of drug-likeness (QED) is 0.470. The molecule has 0 saturated carbocycles. The van der Waals surface area contributed by atoms with Crippen molar-refractivity contribution in [3.05, 3.63) is 70.9 Å². The number of carbonyl (C=O) groups excluding carboxylic acids is 1. The highest BCUT2D eigenvalue weighted by atomic mass is 16.5. The van der Waals surface area contributed by atoms with Gasteiger partial charge >= 0.3 is 0 Å². The van der Waals surface area contributed by atoms with E-state index in [1.807, 2.05) is 61.3 Å². The van der Waals surface area contributed by atoms with Crippen LogP contribution in [-0.2, 0) is 13.5 Å². The number of ether oxygens (including phenoxy) is 1. The second-order valence-corrected chi connectivity index (χ2v) is 8.30. The number of hydrogen-bond donors (Lipinski definition) is 0. The van der Waals surface area contributed by atoms with Gasteiger partial charge in [0.05, 0.1) is 35.1 Å². The molecule has 6 heteroatoms. The maximum Gasteiger partial charge on any atom is 0.259 e. The minimum Gasteiger partial charge on any atom is -0.495 e. The van der Waals surface area contributed by atoms with Gasteiger partial charge in [-0.15, -0.1) is 0 Å². The molecule has 0 fully saturated rings. The molecule has 1 aliphatic heterocycles. The Kier molecular flexibility index (Phi) is 4.93. The monoisotopic (exact) mass is 426 g/mol. The van der Waals surface area contributed by atoms with Crippen LogP contribution in [0.15, 0.2) is 48.5 Å². The predicted octanol–water partition coefficient (Wildman–Crippen LogP) is 4.85. The second kappa shape index (κ2) is 7.79. The van der Waals surface area contributed by atoms with Crippen LogP contribution in [0.2, 0.25) is 0 Å². The van der Waals surface area contributed by atoms with Gasteiger partial charge in [-0.3, -0.25) is 9.48 Å². The van der Waals surface area contributed by atoms with Crippen molar-refractivity contribution in [1.29, 1.82) is 0 Å². The normalized spacial score (nSPS) is 13.3. The number of anilines is 1. The van der Waals surface area contributed by atoms with E-state index in [1.54, 1.807) is 11.8 Å². The first kappa shape index (κ1) is 20.2. The zero-order chi connectivity index (χ0) is 22.4. The summed E-state index contributed by atoms with van der Waals surface area (Å²) in [6.07, 6.45) is 1.85. The van der Waals surface area contributed by atoms with Crippen molar-refractivity contribution in [2.45, 2.75) is 26.7 Å². The third-order valence-electron chi connectivity index (χ3n) is 6.29. The maximum atomic E-state index is 14.1. The maximum absolute atomic E-state index is 14.1. The summed E-state index contributed by atoms with van der Waals surface area (Å²) in [5, 5.41) is 5.37. The lowest BCUT2D eigenvalue weighted by Gasteiger charge is -2.32. The molecule has 2 aromatic heterocycles. The molecule has 1 amide bonds. The molecule has 0 unspecified atom stereocenters. The summed E-state index contributed by atoms with van der Waals surface area (Å²) in [7, 11) is 3.53. The number of rotatable bonds is 3. The molecule has 32 heavy (non-hydrogen) atoms. The Hall–Kier alpha value is -3.67. The van der Waals surface area contributed by atoms with Gasteiger partial charge in [-0.2, -0.15) is 5.10 Å². The van der Waals surface area contributed by atoms with E-state index in [0.717, 1.165) is 46.6 Å². The average Bonchev–Trinajstić information content (AvgIpc) is 3.12. The summed E-state index contributed by atoms with van der Waals surface area (Å²) in [6, 6.07) is 15.9. The van der Waals surface area contributed by atoms with E-state index in [2.05, 4.69) is 18.1 Å². The van der Waals surface area contributed by atoms with Crippen molar-refractivity contribution in [2.75, 3.05) is 18.6 Å². The predicted molar refractivity (Wildman–Crippen MR) is 126 cm³/mol. The van der Waals surface area contributed by atoms with Gasteiger partial charge in [0.1, 0.15) is 5.75 Å².